The molecular formula is C21H23FN2O. The Morgan fingerprint density at radius 1 is 1.04 bits per heavy atom. The first-order valence-electron chi connectivity index (χ1n) is 8.58. The standard InChI is InChI=1S/C21H23FN2O/c1-16-5-3-8-20(17(16)2)23-11-13-24(14-12-23)21(25)10-9-18-6-4-7-19(22)15-18/h3-10,15H,11-14H2,1-2H3. The molecule has 0 aliphatic carbocycles. The third-order valence-electron chi connectivity index (χ3n) is 4.78. The number of hydrogen-bond donors (Lipinski definition) is 0. The van der Waals surface area contributed by atoms with Gasteiger partial charge >= 0.3 is 0 Å². The van der Waals surface area contributed by atoms with Crippen LogP contribution < -0.4 is 4.90 Å². The van der Waals surface area contributed by atoms with E-state index >= 15 is 0 Å². The molecular weight excluding hydrogens is 315 g/mol. The summed E-state index contributed by atoms with van der Waals surface area (Å²) in [7, 11) is 0. The lowest BCUT2D eigenvalue weighted by Gasteiger charge is -2.36. The van der Waals surface area contributed by atoms with E-state index < -0.39 is 0 Å². The fourth-order valence-corrected chi connectivity index (χ4v) is 3.13. The highest BCUT2D eigenvalue weighted by Crippen LogP contribution is 2.23. The van der Waals surface area contributed by atoms with Crippen molar-refractivity contribution in [2.24, 2.45) is 0 Å². The van der Waals surface area contributed by atoms with Crippen LogP contribution in [0.1, 0.15) is 16.7 Å². The Morgan fingerprint density at radius 2 is 1.76 bits per heavy atom. The average Bonchev–Trinajstić information content (AvgIpc) is 2.62. The lowest BCUT2D eigenvalue weighted by molar-refractivity contribution is -0.126. The Balaban J connectivity index is 1.60. The van der Waals surface area contributed by atoms with Crippen LogP contribution in [0.5, 0.6) is 0 Å². The molecule has 0 radical (unpaired) electrons. The normalized spacial score (nSPS) is 15.0. The van der Waals surface area contributed by atoms with Crippen molar-refractivity contribution in [3.8, 4) is 0 Å². The second-order valence-electron chi connectivity index (χ2n) is 6.42. The fourth-order valence-electron chi connectivity index (χ4n) is 3.13. The van der Waals surface area contributed by atoms with Gasteiger partial charge in [0.1, 0.15) is 5.82 Å². The number of hydrogen-bond acceptors (Lipinski definition) is 2. The SMILES string of the molecule is Cc1cccc(N2CCN(C(=O)C=Cc3cccc(F)c3)CC2)c1C. The number of piperazine rings is 1. The van der Waals surface area contributed by atoms with E-state index in [1.807, 2.05) is 4.90 Å². The molecule has 0 atom stereocenters. The molecule has 1 heterocycles. The van der Waals surface area contributed by atoms with Gasteiger partial charge in [-0.15, -0.1) is 0 Å². The predicted octanol–water partition coefficient (Wildman–Crippen LogP) is 3.80. The molecule has 3 nitrogen and oxygen atoms in total. The molecule has 2 aromatic rings. The van der Waals surface area contributed by atoms with Crippen LogP contribution in [-0.4, -0.2) is 37.0 Å². The number of carbonyl (C=O) groups is 1. The number of rotatable bonds is 3. The first-order chi connectivity index (χ1) is 12.0. The molecule has 4 heteroatoms. The molecule has 0 saturated carbocycles. The number of anilines is 1. The van der Waals surface area contributed by atoms with Gasteiger partial charge in [0.2, 0.25) is 5.91 Å². The summed E-state index contributed by atoms with van der Waals surface area (Å²) in [4.78, 5) is 16.5. The van der Waals surface area contributed by atoms with Gasteiger partial charge in [0.15, 0.2) is 0 Å². The zero-order chi connectivity index (χ0) is 17.8. The predicted molar refractivity (Wildman–Crippen MR) is 100 cm³/mol. The summed E-state index contributed by atoms with van der Waals surface area (Å²) in [5.74, 6) is -0.318. The minimum absolute atomic E-state index is 0.0233. The van der Waals surface area contributed by atoms with Crippen LogP contribution in [0, 0.1) is 19.7 Å². The minimum Gasteiger partial charge on any atom is -0.368 e. The molecule has 2 aromatic carbocycles. The molecule has 1 saturated heterocycles. The van der Waals surface area contributed by atoms with Crippen molar-refractivity contribution >= 4 is 17.7 Å². The second kappa shape index (κ2) is 7.51. The Kier molecular flexibility index (Phi) is 5.17. The molecule has 25 heavy (non-hydrogen) atoms. The summed E-state index contributed by atoms with van der Waals surface area (Å²) in [6.07, 6.45) is 3.20. The number of aryl methyl sites for hydroxylation is 1. The topological polar surface area (TPSA) is 23.6 Å². The molecule has 1 fully saturated rings. The van der Waals surface area contributed by atoms with Gasteiger partial charge in [0.25, 0.3) is 0 Å². The van der Waals surface area contributed by atoms with Gasteiger partial charge in [-0.3, -0.25) is 4.79 Å². The highest BCUT2D eigenvalue weighted by molar-refractivity contribution is 5.92. The van der Waals surface area contributed by atoms with Gasteiger partial charge in [-0.2, -0.15) is 0 Å². The van der Waals surface area contributed by atoms with Gasteiger partial charge in [0, 0.05) is 37.9 Å². The summed E-state index contributed by atoms with van der Waals surface area (Å²) in [6, 6.07) is 12.6. The van der Waals surface area contributed by atoms with Crippen LogP contribution >= 0.6 is 0 Å². The first-order valence-corrected chi connectivity index (χ1v) is 8.58. The highest BCUT2D eigenvalue weighted by atomic mass is 19.1. The maximum atomic E-state index is 13.2. The molecule has 130 valence electrons. The number of carbonyl (C=O) groups excluding carboxylic acids is 1. The zero-order valence-corrected chi connectivity index (χ0v) is 14.7. The summed E-state index contributed by atoms with van der Waals surface area (Å²) in [5, 5.41) is 0. The van der Waals surface area contributed by atoms with Crippen molar-refractivity contribution < 1.29 is 9.18 Å². The average molecular weight is 338 g/mol. The largest absolute Gasteiger partial charge is 0.368 e. The van der Waals surface area contributed by atoms with E-state index in [2.05, 4.69) is 36.9 Å². The number of nitrogens with zero attached hydrogens (tertiary/aromatic N) is 2. The van der Waals surface area contributed by atoms with E-state index in [1.165, 1.54) is 35.0 Å². The summed E-state index contributed by atoms with van der Waals surface area (Å²) in [5.41, 5.74) is 4.53. The Hall–Kier alpha value is -2.62. The van der Waals surface area contributed by atoms with Gasteiger partial charge in [-0.25, -0.2) is 4.39 Å². The second-order valence-corrected chi connectivity index (χ2v) is 6.42. The van der Waals surface area contributed by atoms with Crippen LogP contribution in [0.15, 0.2) is 48.5 Å². The minimum atomic E-state index is -0.295. The molecule has 0 spiro atoms. The summed E-state index contributed by atoms with van der Waals surface area (Å²) < 4.78 is 13.2. The van der Waals surface area contributed by atoms with Crippen molar-refractivity contribution in [2.75, 3.05) is 31.1 Å². The Bertz CT molecular complexity index is 792. The van der Waals surface area contributed by atoms with Crippen molar-refractivity contribution in [3.05, 3.63) is 71.0 Å². The summed E-state index contributed by atoms with van der Waals surface area (Å²) >= 11 is 0. The molecule has 0 N–H and O–H groups in total. The monoisotopic (exact) mass is 338 g/mol. The maximum absolute atomic E-state index is 13.2. The van der Waals surface area contributed by atoms with Crippen LogP contribution in [0.25, 0.3) is 6.08 Å². The number of amides is 1. The third-order valence-corrected chi connectivity index (χ3v) is 4.78. The van der Waals surface area contributed by atoms with Crippen molar-refractivity contribution in [1.82, 2.24) is 4.90 Å². The molecule has 1 amide bonds. The van der Waals surface area contributed by atoms with Crippen LogP contribution in [0.2, 0.25) is 0 Å². The maximum Gasteiger partial charge on any atom is 0.246 e. The quantitative estimate of drug-likeness (QED) is 0.795. The van der Waals surface area contributed by atoms with Crippen LogP contribution in [0.4, 0.5) is 10.1 Å². The molecule has 0 aromatic heterocycles. The zero-order valence-electron chi connectivity index (χ0n) is 14.7. The Labute approximate surface area is 148 Å². The van der Waals surface area contributed by atoms with Gasteiger partial charge < -0.3 is 9.80 Å². The van der Waals surface area contributed by atoms with E-state index in [0.717, 1.165) is 13.1 Å². The van der Waals surface area contributed by atoms with E-state index in [-0.39, 0.29) is 11.7 Å². The van der Waals surface area contributed by atoms with Crippen molar-refractivity contribution in [3.63, 3.8) is 0 Å². The molecule has 0 unspecified atom stereocenters. The van der Waals surface area contributed by atoms with Crippen LogP contribution in [-0.2, 0) is 4.79 Å². The molecule has 3 rings (SSSR count). The molecule has 1 aliphatic rings. The lowest BCUT2D eigenvalue weighted by Crippen LogP contribution is -2.48. The van der Waals surface area contributed by atoms with Crippen molar-refractivity contribution in [1.29, 1.82) is 0 Å². The summed E-state index contributed by atoms with van der Waals surface area (Å²) in [6.45, 7) is 7.30. The fraction of sp³-hybridized carbons (Fsp3) is 0.286. The number of halogens is 1. The van der Waals surface area contributed by atoms with E-state index in [1.54, 1.807) is 18.2 Å². The Morgan fingerprint density at radius 3 is 2.48 bits per heavy atom. The molecule has 1 aliphatic heterocycles. The van der Waals surface area contributed by atoms with E-state index in [9.17, 15) is 9.18 Å². The third kappa shape index (κ3) is 4.08. The van der Waals surface area contributed by atoms with E-state index in [4.69, 9.17) is 0 Å². The lowest BCUT2D eigenvalue weighted by atomic mass is 10.1. The highest BCUT2D eigenvalue weighted by Gasteiger charge is 2.20. The van der Waals surface area contributed by atoms with Gasteiger partial charge in [-0.1, -0.05) is 24.3 Å². The van der Waals surface area contributed by atoms with E-state index in [0.29, 0.717) is 18.7 Å². The number of benzene rings is 2. The first kappa shape index (κ1) is 17.2. The smallest absolute Gasteiger partial charge is 0.246 e. The van der Waals surface area contributed by atoms with Crippen LogP contribution in [0.3, 0.4) is 0 Å². The van der Waals surface area contributed by atoms with Gasteiger partial charge in [-0.05, 0) is 54.8 Å². The molecule has 0 bridgehead atoms. The van der Waals surface area contributed by atoms with Crippen molar-refractivity contribution in [2.45, 2.75) is 13.8 Å². The van der Waals surface area contributed by atoms with Gasteiger partial charge in [0.05, 0.1) is 0 Å².